The van der Waals surface area contributed by atoms with Gasteiger partial charge in [-0.2, -0.15) is 0 Å². The summed E-state index contributed by atoms with van der Waals surface area (Å²) in [4.78, 5) is 18.4. The van der Waals surface area contributed by atoms with E-state index in [2.05, 4.69) is 47.1 Å². The van der Waals surface area contributed by atoms with Gasteiger partial charge in [-0.15, -0.1) is 0 Å². The third kappa shape index (κ3) is 5.27. The maximum Gasteiger partial charge on any atom is 0.222 e. The first-order valence-electron chi connectivity index (χ1n) is 9.58. The molecular weight excluding hydrogens is 314 g/mol. The molecule has 5 nitrogen and oxygen atoms in total. The molecule has 1 aromatic carbocycles. The molecule has 25 heavy (non-hydrogen) atoms. The summed E-state index contributed by atoms with van der Waals surface area (Å²) in [6.07, 6.45) is 2.23. The minimum atomic E-state index is -0.454. The average molecular weight is 345 g/mol. The van der Waals surface area contributed by atoms with Crippen LogP contribution in [0, 0.1) is 0 Å². The van der Waals surface area contributed by atoms with E-state index >= 15 is 0 Å². The van der Waals surface area contributed by atoms with Crippen LogP contribution in [0.4, 0.5) is 0 Å². The lowest BCUT2D eigenvalue weighted by molar-refractivity contribution is -0.129. The van der Waals surface area contributed by atoms with Crippen molar-refractivity contribution in [2.24, 2.45) is 0 Å². The van der Waals surface area contributed by atoms with E-state index in [4.69, 9.17) is 0 Å². The molecule has 0 bridgehead atoms. The van der Waals surface area contributed by atoms with Crippen molar-refractivity contribution in [3.63, 3.8) is 0 Å². The molecule has 2 saturated heterocycles. The van der Waals surface area contributed by atoms with Crippen LogP contribution in [-0.2, 0) is 11.3 Å². The van der Waals surface area contributed by atoms with Crippen LogP contribution in [-0.4, -0.2) is 77.1 Å². The highest BCUT2D eigenvalue weighted by molar-refractivity contribution is 5.78. The van der Waals surface area contributed by atoms with E-state index in [-0.39, 0.29) is 5.91 Å². The molecule has 2 aliphatic heterocycles. The smallest absolute Gasteiger partial charge is 0.222 e. The molecule has 1 amide bonds. The van der Waals surface area contributed by atoms with Gasteiger partial charge in [0.05, 0.1) is 6.10 Å². The normalized spacial score (nSPS) is 24.5. The Kier molecular flexibility index (Phi) is 6.45. The van der Waals surface area contributed by atoms with E-state index in [1.54, 1.807) is 0 Å². The van der Waals surface area contributed by atoms with Crippen molar-refractivity contribution >= 4 is 5.91 Å². The highest BCUT2D eigenvalue weighted by atomic mass is 16.3. The standard InChI is InChI=1S/C20H31N3O2/c1-17-13-21(14-18-7-3-2-4-8-18)10-6-12-22(17)15-19(24)16-23-11-5-9-20(23)25/h2-4,7-8,17,19,24H,5-6,9-16H2,1H3/t17-,19+/m1/s1. The maximum absolute atomic E-state index is 11.7. The van der Waals surface area contributed by atoms with Gasteiger partial charge in [-0.3, -0.25) is 14.6 Å². The van der Waals surface area contributed by atoms with Crippen molar-refractivity contribution in [2.45, 2.75) is 44.9 Å². The molecule has 1 aromatic rings. The molecule has 3 rings (SSSR count). The second kappa shape index (κ2) is 8.79. The number of carbonyl (C=O) groups is 1. The van der Waals surface area contributed by atoms with Crippen molar-refractivity contribution in [2.75, 3.05) is 39.3 Å². The first kappa shape index (κ1) is 18.4. The number of amides is 1. The van der Waals surface area contributed by atoms with E-state index < -0.39 is 6.10 Å². The lowest BCUT2D eigenvalue weighted by atomic mass is 10.2. The Hall–Kier alpha value is -1.43. The van der Waals surface area contributed by atoms with Crippen molar-refractivity contribution in [3.8, 4) is 0 Å². The van der Waals surface area contributed by atoms with Crippen LogP contribution in [0.25, 0.3) is 0 Å². The first-order valence-corrected chi connectivity index (χ1v) is 9.58. The van der Waals surface area contributed by atoms with Gasteiger partial charge in [-0.25, -0.2) is 0 Å². The molecule has 0 unspecified atom stereocenters. The number of benzene rings is 1. The largest absolute Gasteiger partial charge is 0.390 e. The lowest BCUT2D eigenvalue weighted by Crippen LogP contribution is -2.45. The second-order valence-corrected chi connectivity index (χ2v) is 7.52. The molecule has 138 valence electrons. The van der Waals surface area contributed by atoms with Gasteiger partial charge in [0.15, 0.2) is 0 Å². The van der Waals surface area contributed by atoms with Crippen molar-refractivity contribution in [1.82, 2.24) is 14.7 Å². The highest BCUT2D eigenvalue weighted by Gasteiger charge is 2.26. The van der Waals surface area contributed by atoms with Gasteiger partial charge in [0.1, 0.15) is 0 Å². The molecule has 2 fully saturated rings. The quantitative estimate of drug-likeness (QED) is 0.850. The van der Waals surface area contributed by atoms with Gasteiger partial charge < -0.3 is 10.0 Å². The SMILES string of the molecule is C[C@@H]1CN(Cc2ccccc2)CCCN1C[C@H](O)CN1CCCC1=O. The molecule has 0 spiro atoms. The molecule has 2 aliphatic rings. The van der Waals surface area contributed by atoms with Crippen LogP contribution < -0.4 is 0 Å². The fourth-order valence-electron chi connectivity index (χ4n) is 4.03. The van der Waals surface area contributed by atoms with Crippen LogP contribution in [0.15, 0.2) is 30.3 Å². The third-order valence-corrected chi connectivity index (χ3v) is 5.36. The number of carbonyl (C=O) groups excluding carboxylic acids is 1. The van der Waals surface area contributed by atoms with Crippen molar-refractivity contribution in [3.05, 3.63) is 35.9 Å². The van der Waals surface area contributed by atoms with Gasteiger partial charge >= 0.3 is 0 Å². The summed E-state index contributed by atoms with van der Waals surface area (Å²) in [5, 5.41) is 10.4. The third-order valence-electron chi connectivity index (χ3n) is 5.36. The molecule has 2 atom stereocenters. The van der Waals surface area contributed by atoms with E-state index in [1.165, 1.54) is 5.56 Å². The van der Waals surface area contributed by atoms with Gasteiger partial charge in [0.2, 0.25) is 5.91 Å². The number of nitrogens with zero attached hydrogens (tertiary/aromatic N) is 3. The number of aliphatic hydroxyl groups is 1. The summed E-state index contributed by atoms with van der Waals surface area (Å²) >= 11 is 0. The molecule has 2 heterocycles. The van der Waals surface area contributed by atoms with E-state index in [9.17, 15) is 9.90 Å². The second-order valence-electron chi connectivity index (χ2n) is 7.52. The summed E-state index contributed by atoms with van der Waals surface area (Å²) in [7, 11) is 0. The number of rotatable bonds is 6. The first-order chi connectivity index (χ1) is 12.1. The van der Waals surface area contributed by atoms with Crippen LogP contribution in [0.3, 0.4) is 0 Å². The Labute approximate surface area is 151 Å². The Morgan fingerprint density at radius 1 is 1.12 bits per heavy atom. The molecule has 0 aliphatic carbocycles. The molecular formula is C20H31N3O2. The molecule has 5 heteroatoms. The number of hydrogen-bond donors (Lipinski definition) is 1. The Balaban J connectivity index is 1.49. The van der Waals surface area contributed by atoms with E-state index in [0.29, 0.717) is 25.6 Å². The van der Waals surface area contributed by atoms with Gasteiger partial charge in [0, 0.05) is 45.2 Å². The Morgan fingerprint density at radius 2 is 1.92 bits per heavy atom. The van der Waals surface area contributed by atoms with Crippen LogP contribution in [0.5, 0.6) is 0 Å². The van der Waals surface area contributed by atoms with E-state index in [0.717, 1.165) is 45.6 Å². The summed E-state index contributed by atoms with van der Waals surface area (Å²) in [6.45, 7) is 8.30. The fourth-order valence-corrected chi connectivity index (χ4v) is 4.03. The highest BCUT2D eigenvalue weighted by Crippen LogP contribution is 2.15. The molecule has 0 aromatic heterocycles. The van der Waals surface area contributed by atoms with Gasteiger partial charge in [-0.1, -0.05) is 30.3 Å². The zero-order valence-corrected chi connectivity index (χ0v) is 15.3. The molecule has 1 N–H and O–H groups in total. The number of β-amino-alcohol motifs (C(OH)–C–C–N with tert-alkyl or cyclic N) is 1. The molecule has 0 radical (unpaired) electrons. The zero-order valence-electron chi connectivity index (χ0n) is 15.3. The van der Waals surface area contributed by atoms with Gasteiger partial charge in [-0.05, 0) is 38.4 Å². The Morgan fingerprint density at radius 3 is 2.64 bits per heavy atom. The van der Waals surface area contributed by atoms with Crippen LogP contribution in [0.1, 0.15) is 31.7 Å². The summed E-state index contributed by atoms with van der Waals surface area (Å²) < 4.78 is 0. The van der Waals surface area contributed by atoms with Crippen molar-refractivity contribution < 1.29 is 9.90 Å². The topological polar surface area (TPSA) is 47.0 Å². The van der Waals surface area contributed by atoms with Crippen molar-refractivity contribution in [1.29, 1.82) is 0 Å². The van der Waals surface area contributed by atoms with Crippen LogP contribution >= 0.6 is 0 Å². The predicted octanol–water partition coefficient (Wildman–Crippen LogP) is 1.57. The zero-order chi connectivity index (χ0) is 17.6. The summed E-state index contributed by atoms with van der Waals surface area (Å²) in [5.74, 6) is 0.192. The van der Waals surface area contributed by atoms with Crippen LogP contribution in [0.2, 0.25) is 0 Å². The monoisotopic (exact) mass is 345 g/mol. The average Bonchev–Trinajstić information content (AvgIpc) is 2.91. The predicted molar refractivity (Wildman–Crippen MR) is 99.2 cm³/mol. The van der Waals surface area contributed by atoms with E-state index in [1.807, 2.05) is 4.90 Å². The summed E-state index contributed by atoms with van der Waals surface area (Å²) in [5.41, 5.74) is 1.36. The number of aliphatic hydroxyl groups excluding tert-OH is 1. The maximum atomic E-state index is 11.7. The summed E-state index contributed by atoms with van der Waals surface area (Å²) in [6, 6.07) is 11.0. The minimum Gasteiger partial charge on any atom is -0.390 e. The number of likely N-dealkylation sites (tertiary alicyclic amines) is 1. The number of hydrogen-bond acceptors (Lipinski definition) is 4. The Bertz CT molecular complexity index is 551. The minimum absolute atomic E-state index is 0.192. The molecule has 0 saturated carbocycles. The lowest BCUT2D eigenvalue weighted by Gasteiger charge is -2.31. The van der Waals surface area contributed by atoms with Gasteiger partial charge in [0.25, 0.3) is 0 Å². The fraction of sp³-hybridized carbons (Fsp3) is 0.650.